The summed E-state index contributed by atoms with van der Waals surface area (Å²) in [5.74, 6) is 0. The summed E-state index contributed by atoms with van der Waals surface area (Å²) in [5, 5.41) is 8.81. The van der Waals surface area contributed by atoms with Crippen LogP contribution in [0.1, 0.15) is 16.8 Å². The first-order valence-corrected chi connectivity index (χ1v) is 5.58. The maximum absolute atomic E-state index is 11.7. The van der Waals surface area contributed by atoms with E-state index in [9.17, 15) is 4.79 Å². The first-order chi connectivity index (χ1) is 7.99. The summed E-state index contributed by atoms with van der Waals surface area (Å²) >= 11 is 6.10. The molecule has 2 aromatic heterocycles. The van der Waals surface area contributed by atoms with Crippen LogP contribution in [-0.2, 0) is 13.6 Å². The Labute approximate surface area is 104 Å². The normalized spacial score (nSPS) is 10.8. The average Bonchev–Trinajstić information content (AvgIpc) is 2.48. The Kier molecular flexibility index (Phi) is 3.02. The summed E-state index contributed by atoms with van der Waals surface area (Å²) in [6, 6.07) is 1.55. The van der Waals surface area contributed by atoms with E-state index < -0.39 is 0 Å². The summed E-state index contributed by atoms with van der Waals surface area (Å²) in [5.41, 5.74) is 2.35. The first-order valence-electron chi connectivity index (χ1n) is 5.21. The molecule has 0 aliphatic carbocycles. The quantitative estimate of drug-likeness (QED) is 0.810. The molecule has 0 aromatic carbocycles. The number of hydrogen-bond acceptors (Lipinski definition) is 3. The van der Waals surface area contributed by atoms with Crippen LogP contribution in [0.15, 0.2) is 17.1 Å². The number of aromatic nitrogens is 4. The highest BCUT2D eigenvalue weighted by molar-refractivity contribution is 6.30. The van der Waals surface area contributed by atoms with E-state index in [1.807, 2.05) is 13.8 Å². The molecule has 0 aliphatic heterocycles. The number of hydrogen-bond donors (Lipinski definition) is 0. The molecule has 0 atom stereocenters. The zero-order chi connectivity index (χ0) is 12.6. The molecule has 0 amide bonds. The van der Waals surface area contributed by atoms with Gasteiger partial charge in [-0.3, -0.25) is 9.48 Å². The predicted octanol–water partition coefficient (Wildman–Crippen LogP) is 1.30. The standard InChI is InChI=1S/C11H13ClN4O/c1-7-4-10(17)16(13-5-7)6-9-8(2)14-15(3)11(9)12/h4-5H,6H2,1-3H3. The second-order valence-electron chi connectivity index (χ2n) is 4.01. The van der Waals surface area contributed by atoms with Gasteiger partial charge in [0, 0.05) is 18.7 Å². The van der Waals surface area contributed by atoms with Crippen LogP contribution in [0.5, 0.6) is 0 Å². The zero-order valence-corrected chi connectivity index (χ0v) is 10.7. The van der Waals surface area contributed by atoms with Crippen molar-refractivity contribution in [2.75, 3.05) is 0 Å². The second kappa shape index (κ2) is 4.33. The van der Waals surface area contributed by atoms with Crippen molar-refractivity contribution in [3.8, 4) is 0 Å². The predicted molar refractivity (Wildman–Crippen MR) is 65.3 cm³/mol. The molecule has 0 aliphatic rings. The number of aryl methyl sites for hydroxylation is 3. The average molecular weight is 253 g/mol. The van der Waals surface area contributed by atoms with Gasteiger partial charge >= 0.3 is 0 Å². The largest absolute Gasteiger partial charge is 0.268 e. The number of halogens is 1. The molecular formula is C11H13ClN4O. The third-order valence-corrected chi connectivity index (χ3v) is 3.06. The van der Waals surface area contributed by atoms with Crippen LogP contribution in [0.4, 0.5) is 0 Å². The lowest BCUT2D eigenvalue weighted by Crippen LogP contribution is -2.23. The molecule has 2 heterocycles. The van der Waals surface area contributed by atoms with Crippen LogP contribution >= 0.6 is 11.6 Å². The summed E-state index contributed by atoms with van der Waals surface area (Å²) in [6.07, 6.45) is 1.65. The minimum Gasteiger partial charge on any atom is -0.268 e. The first kappa shape index (κ1) is 11.9. The molecule has 0 saturated carbocycles. The van der Waals surface area contributed by atoms with Crippen LogP contribution in [0.3, 0.4) is 0 Å². The Bertz CT molecular complexity index is 614. The maximum atomic E-state index is 11.7. The lowest BCUT2D eigenvalue weighted by Gasteiger charge is -2.04. The second-order valence-corrected chi connectivity index (χ2v) is 4.37. The highest BCUT2D eigenvalue weighted by Gasteiger charge is 2.12. The van der Waals surface area contributed by atoms with Crippen LogP contribution in [0.25, 0.3) is 0 Å². The topological polar surface area (TPSA) is 52.7 Å². The van der Waals surface area contributed by atoms with Crippen LogP contribution in [0, 0.1) is 13.8 Å². The molecule has 17 heavy (non-hydrogen) atoms. The van der Waals surface area contributed by atoms with Crippen molar-refractivity contribution in [3.05, 3.63) is 44.6 Å². The zero-order valence-electron chi connectivity index (χ0n) is 9.94. The minimum atomic E-state index is -0.135. The smallest absolute Gasteiger partial charge is 0.267 e. The molecule has 0 spiro atoms. The van der Waals surface area contributed by atoms with Gasteiger partial charge in [0.25, 0.3) is 5.56 Å². The van der Waals surface area contributed by atoms with E-state index >= 15 is 0 Å². The molecule has 5 nitrogen and oxygen atoms in total. The van der Waals surface area contributed by atoms with Crippen molar-refractivity contribution in [1.82, 2.24) is 19.6 Å². The van der Waals surface area contributed by atoms with Crippen molar-refractivity contribution in [2.24, 2.45) is 7.05 Å². The molecule has 2 rings (SSSR count). The lowest BCUT2D eigenvalue weighted by molar-refractivity contribution is 0.634. The van der Waals surface area contributed by atoms with Crippen molar-refractivity contribution >= 4 is 11.6 Å². The number of rotatable bonds is 2. The van der Waals surface area contributed by atoms with E-state index in [1.54, 1.807) is 24.0 Å². The molecular weight excluding hydrogens is 240 g/mol. The van der Waals surface area contributed by atoms with E-state index in [1.165, 1.54) is 4.68 Å². The van der Waals surface area contributed by atoms with Crippen molar-refractivity contribution in [2.45, 2.75) is 20.4 Å². The van der Waals surface area contributed by atoms with Gasteiger partial charge in [-0.25, -0.2) is 4.68 Å². The summed E-state index contributed by atoms with van der Waals surface area (Å²) in [6.45, 7) is 4.04. The molecule has 0 fully saturated rings. The summed E-state index contributed by atoms with van der Waals surface area (Å²) in [7, 11) is 1.77. The van der Waals surface area contributed by atoms with Gasteiger partial charge in [-0.1, -0.05) is 11.6 Å². The van der Waals surface area contributed by atoms with Gasteiger partial charge in [0.05, 0.1) is 18.4 Å². The van der Waals surface area contributed by atoms with Gasteiger partial charge < -0.3 is 0 Å². The molecule has 0 bridgehead atoms. The summed E-state index contributed by atoms with van der Waals surface area (Å²) < 4.78 is 2.97. The van der Waals surface area contributed by atoms with Gasteiger partial charge in [-0.05, 0) is 19.4 Å². The van der Waals surface area contributed by atoms with Crippen LogP contribution in [0.2, 0.25) is 5.15 Å². The highest BCUT2D eigenvalue weighted by Crippen LogP contribution is 2.18. The molecule has 0 radical (unpaired) electrons. The minimum absolute atomic E-state index is 0.135. The fourth-order valence-electron chi connectivity index (χ4n) is 1.65. The summed E-state index contributed by atoms with van der Waals surface area (Å²) in [4.78, 5) is 11.7. The maximum Gasteiger partial charge on any atom is 0.267 e. The lowest BCUT2D eigenvalue weighted by atomic mass is 10.2. The molecule has 90 valence electrons. The van der Waals surface area contributed by atoms with Gasteiger partial charge in [-0.15, -0.1) is 0 Å². The van der Waals surface area contributed by atoms with Crippen LogP contribution < -0.4 is 5.56 Å². The Hall–Kier alpha value is -1.62. The Morgan fingerprint density at radius 2 is 2.12 bits per heavy atom. The molecule has 6 heteroatoms. The molecule has 0 saturated heterocycles. The molecule has 2 aromatic rings. The van der Waals surface area contributed by atoms with E-state index in [-0.39, 0.29) is 5.56 Å². The fourth-order valence-corrected chi connectivity index (χ4v) is 1.88. The third kappa shape index (κ3) is 2.24. The Morgan fingerprint density at radius 3 is 2.65 bits per heavy atom. The van der Waals surface area contributed by atoms with Crippen molar-refractivity contribution in [3.63, 3.8) is 0 Å². The highest BCUT2D eigenvalue weighted by atomic mass is 35.5. The van der Waals surface area contributed by atoms with Crippen molar-refractivity contribution in [1.29, 1.82) is 0 Å². The van der Waals surface area contributed by atoms with Gasteiger partial charge in [0.15, 0.2) is 0 Å². The Balaban J connectivity index is 2.41. The van der Waals surface area contributed by atoms with E-state index in [0.717, 1.165) is 16.8 Å². The van der Waals surface area contributed by atoms with E-state index in [2.05, 4.69) is 10.2 Å². The van der Waals surface area contributed by atoms with Crippen molar-refractivity contribution < 1.29 is 0 Å². The van der Waals surface area contributed by atoms with Gasteiger partial charge in [0.1, 0.15) is 5.15 Å². The third-order valence-electron chi connectivity index (χ3n) is 2.58. The SMILES string of the molecule is Cc1cnn(Cc2c(C)nn(C)c2Cl)c(=O)c1. The molecule has 0 unspecified atom stereocenters. The van der Waals surface area contributed by atoms with E-state index in [4.69, 9.17) is 11.6 Å². The van der Waals surface area contributed by atoms with E-state index in [0.29, 0.717) is 11.7 Å². The Morgan fingerprint density at radius 1 is 1.41 bits per heavy atom. The van der Waals surface area contributed by atoms with Gasteiger partial charge in [0.2, 0.25) is 0 Å². The number of nitrogens with zero attached hydrogens (tertiary/aromatic N) is 4. The fraction of sp³-hybridized carbons (Fsp3) is 0.364. The van der Waals surface area contributed by atoms with Gasteiger partial charge in [-0.2, -0.15) is 10.2 Å². The van der Waals surface area contributed by atoms with Crippen LogP contribution in [-0.4, -0.2) is 19.6 Å². The monoisotopic (exact) mass is 252 g/mol. The molecule has 0 N–H and O–H groups in total.